The van der Waals surface area contributed by atoms with E-state index in [2.05, 4.69) is 26.3 Å². The Labute approximate surface area is 211 Å². The molecule has 0 unspecified atom stereocenters. The van der Waals surface area contributed by atoms with E-state index in [9.17, 15) is 22.8 Å². The number of nitriles is 1. The van der Waals surface area contributed by atoms with Gasteiger partial charge < -0.3 is 15.2 Å². The molecule has 1 aromatic carbocycles. The number of rotatable bonds is 4. The van der Waals surface area contributed by atoms with E-state index in [1.165, 1.54) is 24.5 Å². The van der Waals surface area contributed by atoms with Crippen molar-refractivity contribution in [3.63, 3.8) is 0 Å². The van der Waals surface area contributed by atoms with E-state index in [0.29, 0.717) is 42.8 Å². The quantitative estimate of drug-likeness (QED) is 0.532. The van der Waals surface area contributed by atoms with Gasteiger partial charge in [-0.2, -0.15) is 18.4 Å². The number of carbonyl (C=O) groups is 2. The molecule has 2 N–H and O–H groups in total. The van der Waals surface area contributed by atoms with E-state index < -0.39 is 29.1 Å². The Morgan fingerprint density at radius 2 is 1.81 bits per heavy atom. The number of aromatic amines is 1. The molecule has 8 nitrogen and oxygen atoms in total. The zero-order valence-corrected chi connectivity index (χ0v) is 20.7. The molecule has 3 heterocycles. The molecule has 3 aromatic rings. The maximum Gasteiger partial charge on any atom is 0.416 e. The van der Waals surface area contributed by atoms with Crippen molar-refractivity contribution >= 4 is 23.0 Å². The number of hydrogen-bond donors (Lipinski definition) is 2. The van der Waals surface area contributed by atoms with E-state index in [0.717, 1.165) is 12.1 Å². The predicted molar refractivity (Wildman–Crippen MR) is 130 cm³/mol. The fourth-order valence-corrected chi connectivity index (χ4v) is 4.30. The van der Waals surface area contributed by atoms with Crippen molar-refractivity contribution in [1.82, 2.24) is 25.2 Å². The number of alkyl halides is 3. The minimum atomic E-state index is -4.45. The smallest absolute Gasteiger partial charge is 0.344 e. The van der Waals surface area contributed by atoms with Crippen LogP contribution in [0.5, 0.6) is 0 Å². The number of fused-ring (bicyclic) bond motifs is 1. The Morgan fingerprint density at radius 3 is 2.38 bits per heavy atom. The third kappa shape index (κ3) is 5.58. The van der Waals surface area contributed by atoms with Gasteiger partial charge in [0.05, 0.1) is 29.1 Å². The Kier molecular flexibility index (Phi) is 6.95. The van der Waals surface area contributed by atoms with Gasteiger partial charge in [0.25, 0.3) is 5.91 Å². The first-order valence-electron chi connectivity index (χ1n) is 11.9. The number of nitrogens with zero attached hydrogens (tertiary/aromatic N) is 4. The number of benzene rings is 1. The van der Waals surface area contributed by atoms with E-state index in [-0.39, 0.29) is 22.9 Å². The molecule has 194 valence electrons. The largest absolute Gasteiger partial charge is 0.416 e. The first kappa shape index (κ1) is 26.1. The summed E-state index contributed by atoms with van der Waals surface area (Å²) >= 11 is 0. The number of aromatic nitrogens is 3. The summed E-state index contributed by atoms with van der Waals surface area (Å²) in [6.45, 7) is 6.48. The summed E-state index contributed by atoms with van der Waals surface area (Å²) in [5.74, 6) is -0.811. The monoisotopic (exact) mass is 512 g/mol. The molecule has 11 heteroatoms. The SMILES string of the molecule is CC(C)(C)[C@@H](NC(=O)c1c[nH]c2ncc(-c3ccc(C(F)(F)F)cc3)nc12)C(=O)N1CCC(C#N)CC1. The normalized spacial score (nSPS) is 15.9. The minimum Gasteiger partial charge on any atom is -0.344 e. The lowest BCUT2D eigenvalue weighted by Gasteiger charge is -2.37. The molecular weight excluding hydrogens is 485 g/mol. The number of nitrogens with one attached hydrogen (secondary N) is 2. The molecule has 0 spiro atoms. The van der Waals surface area contributed by atoms with Gasteiger partial charge in [0.15, 0.2) is 5.65 Å². The van der Waals surface area contributed by atoms with Crippen LogP contribution < -0.4 is 5.32 Å². The zero-order chi connectivity index (χ0) is 27.0. The van der Waals surface area contributed by atoms with Gasteiger partial charge in [0, 0.05) is 30.8 Å². The summed E-state index contributed by atoms with van der Waals surface area (Å²) in [6, 6.07) is 5.95. The van der Waals surface area contributed by atoms with Gasteiger partial charge in [-0.15, -0.1) is 0 Å². The van der Waals surface area contributed by atoms with Crippen LogP contribution in [-0.2, 0) is 11.0 Å². The van der Waals surface area contributed by atoms with Crippen molar-refractivity contribution in [2.45, 2.75) is 45.8 Å². The maximum atomic E-state index is 13.4. The average Bonchev–Trinajstić information content (AvgIpc) is 3.29. The number of H-pyrrole nitrogens is 1. The summed E-state index contributed by atoms with van der Waals surface area (Å²) in [5.41, 5.74) is 0.0883. The minimum absolute atomic E-state index is 0.0737. The standard InChI is InChI=1S/C26H27F3N6O2/c1-25(2,3)21(24(37)35-10-8-15(12-30)9-11-35)34-23(36)18-13-31-22-20(18)33-19(14-32-22)16-4-6-17(7-5-16)26(27,28)29/h4-7,13-15,21H,8-11H2,1-3H3,(H,31,32)(H,34,36)/t21-/m0/s1. The van der Waals surface area contributed by atoms with Gasteiger partial charge in [-0.1, -0.05) is 32.9 Å². The molecule has 0 saturated carbocycles. The molecule has 1 aliphatic rings. The number of halogens is 3. The number of likely N-dealkylation sites (tertiary alicyclic amines) is 1. The number of hydrogen-bond acceptors (Lipinski definition) is 5. The van der Waals surface area contributed by atoms with E-state index in [4.69, 9.17) is 5.26 Å². The topological polar surface area (TPSA) is 115 Å². The Balaban J connectivity index is 1.58. The van der Waals surface area contributed by atoms with Crippen LogP contribution >= 0.6 is 0 Å². The highest BCUT2D eigenvalue weighted by molar-refractivity contribution is 6.06. The molecule has 1 atom stereocenters. The molecule has 0 radical (unpaired) electrons. The highest BCUT2D eigenvalue weighted by Crippen LogP contribution is 2.31. The summed E-state index contributed by atoms with van der Waals surface area (Å²) in [7, 11) is 0. The van der Waals surface area contributed by atoms with Crippen LogP contribution in [0.15, 0.2) is 36.7 Å². The van der Waals surface area contributed by atoms with Crippen molar-refractivity contribution in [2.75, 3.05) is 13.1 Å². The van der Waals surface area contributed by atoms with Crippen LogP contribution in [-0.4, -0.2) is 50.8 Å². The lowest BCUT2D eigenvalue weighted by molar-refractivity contribution is -0.138. The number of piperidine rings is 1. The van der Waals surface area contributed by atoms with Gasteiger partial charge in [-0.3, -0.25) is 9.59 Å². The van der Waals surface area contributed by atoms with Crippen LogP contribution in [0.4, 0.5) is 13.2 Å². The van der Waals surface area contributed by atoms with E-state index >= 15 is 0 Å². The van der Waals surface area contributed by atoms with Gasteiger partial charge in [-0.05, 0) is 30.4 Å². The summed E-state index contributed by atoms with van der Waals surface area (Å²) in [5, 5.41) is 12.0. The van der Waals surface area contributed by atoms with Crippen LogP contribution in [0, 0.1) is 22.7 Å². The molecule has 2 amide bonds. The average molecular weight is 513 g/mol. The number of amides is 2. The first-order valence-corrected chi connectivity index (χ1v) is 11.9. The van der Waals surface area contributed by atoms with Crippen molar-refractivity contribution in [3.05, 3.63) is 47.8 Å². The maximum absolute atomic E-state index is 13.4. The second-order valence-corrected chi connectivity index (χ2v) is 10.2. The Bertz CT molecular complexity index is 1340. The molecule has 1 aliphatic heterocycles. The predicted octanol–water partition coefficient (Wildman–Crippen LogP) is 4.55. The van der Waals surface area contributed by atoms with Crippen LogP contribution in [0.2, 0.25) is 0 Å². The van der Waals surface area contributed by atoms with Crippen molar-refractivity contribution < 1.29 is 22.8 Å². The van der Waals surface area contributed by atoms with Crippen molar-refractivity contribution in [1.29, 1.82) is 5.26 Å². The molecule has 1 saturated heterocycles. The van der Waals surface area contributed by atoms with Crippen molar-refractivity contribution in [3.8, 4) is 17.3 Å². The van der Waals surface area contributed by atoms with Gasteiger partial charge >= 0.3 is 6.18 Å². The highest BCUT2D eigenvalue weighted by atomic mass is 19.4. The van der Waals surface area contributed by atoms with Crippen molar-refractivity contribution in [2.24, 2.45) is 11.3 Å². The molecule has 4 rings (SSSR count). The van der Waals surface area contributed by atoms with Gasteiger partial charge in [0.1, 0.15) is 11.6 Å². The second-order valence-electron chi connectivity index (χ2n) is 10.2. The second kappa shape index (κ2) is 9.84. The summed E-state index contributed by atoms with van der Waals surface area (Å²) in [4.78, 5) is 40.0. The fraction of sp³-hybridized carbons (Fsp3) is 0.423. The molecular formula is C26H27F3N6O2. The van der Waals surface area contributed by atoms with E-state index in [1.54, 1.807) is 4.90 Å². The third-order valence-electron chi connectivity index (χ3n) is 6.51. The van der Waals surface area contributed by atoms with Crippen LogP contribution in [0.1, 0.15) is 49.5 Å². The molecule has 1 fully saturated rings. The van der Waals surface area contributed by atoms with E-state index in [1.807, 2.05) is 20.8 Å². The zero-order valence-electron chi connectivity index (χ0n) is 20.7. The number of carbonyl (C=O) groups excluding carboxylic acids is 2. The third-order valence-corrected chi connectivity index (χ3v) is 6.51. The Hall–Kier alpha value is -3.94. The fourth-order valence-electron chi connectivity index (χ4n) is 4.30. The molecule has 0 aliphatic carbocycles. The Morgan fingerprint density at radius 1 is 1.16 bits per heavy atom. The van der Waals surface area contributed by atoms with Crippen LogP contribution in [0.3, 0.4) is 0 Å². The molecule has 0 bridgehead atoms. The summed E-state index contributed by atoms with van der Waals surface area (Å²) in [6.07, 6.45) is -0.406. The van der Waals surface area contributed by atoms with Crippen LogP contribution in [0.25, 0.3) is 22.4 Å². The molecule has 37 heavy (non-hydrogen) atoms. The van der Waals surface area contributed by atoms with Gasteiger partial charge in [0.2, 0.25) is 5.91 Å². The molecule has 2 aromatic heterocycles. The lowest BCUT2D eigenvalue weighted by atomic mass is 9.85. The first-order chi connectivity index (χ1) is 17.4. The highest BCUT2D eigenvalue weighted by Gasteiger charge is 2.37. The van der Waals surface area contributed by atoms with Gasteiger partial charge in [-0.25, -0.2) is 9.97 Å². The lowest BCUT2D eigenvalue weighted by Crippen LogP contribution is -2.56. The summed E-state index contributed by atoms with van der Waals surface area (Å²) < 4.78 is 38.7.